The second-order valence-electron chi connectivity index (χ2n) is 23.2. The fourth-order valence-electron chi connectivity index (χ4n) is 15.2. The van der Waals surface area contributed by atoms with Crippen LogP contribution >= 0.6 is 0 Å². The van der Waals surface area contributed by atoms with Gasteiger partial charge < -0.3 is 18.6 Å². The van der Waals surface area contributed by atoms with Gasteiger partial charge in [0.15, 0.2) is 11.2 Å². The number of fused-ring (bicyclic) bond motifs is 11. The van der Waals surface area contributed by atoms with Gasteiger partial charge in [0.25, 0.3) is 0 Å². The van der Waals surface area contributed by atoms with Gasteiger partial charge in [0.05, 0.1) is 22.5 Å². The molecular weight excluding hydrogens is 985 g/mol. The largest absolute Gasteiger partial charge is 0.454 e. The maximum absolute atomic E-state index is 7.36. The highest BCUT2D eigenvalue weighted by molar-refractivity contribution is 6.16. The lowest BCUT2D eigenvalue weighted by atomic mass is 9.67. The van der Waals surface area contributed by atoms with Crippen LogP contribution in [0, 0.1) is 13.8 Å². The maximum atomic E-state index is 7.36. The molecule has 2 heterocycles. The molecule has 0 radical (unpaired) electrons. The van der Waals surface area contributed by atoms with Crippen molar-refractivity contribution in [1.82, 2.24) is 0 Å². The molecule has 0 spiro atoms. The van der Waals surface area contributed by atoms with Gasteiger partial charge >= 0.3 is 0 Å². The zero-order valence-electron chi connectivity index (χ0n) is 46.0. The first-order chi connectivity index (χ1) is 40.0. The van der Waals surface area contributed by atoms with Crippen molar-refractivity contribution in [1.29, 1.82) is 0 Å². The van der Waals surface area contributed by atoms with E-state index in [0.29, 0.717) is 11.8 Å². The second kappa shape index (κ2) is 19.0. The van der Waals surface area contributed by atoms with Crippen LogP contribution in [-0.4, -0.2) is 0 Å². The van der Waals surface area contributed by atoms with Crippen molar-refractivity contribution in [2.75, 3.05) is 9.80 Å². The van der Waals surface area contributed by atoms with E-state index < -0.39 is 5.41 Å². The lowest BCUT2D eigenvalue weighted by Gasteiger charge is -2.36. The summed E-state index contributed by atoms with van der Waals surface area (Å²) >= 11 is 0. The Morgan fingerprint density at radius 2 is 0.778 bits per heavy atom. The summed E-state index contributed by atoms with van der Waals surface area (Å²) in [7, 11) is 0. The number of aryl methyl sites for hydroxylation is 2. The van der Waals surface area contributed by atoms with E-state index in [9.17, 15) is 0 Å². The van der Waals surface area contributed by atoms with Crippen LogP contribution < -0.4 is 9.80 Å². The summed E-state index contributed by atoms with van der Waals surface area (Å²) in [6.45, 7) is 4.47. The highest BCUT2D eigenvalue weighted by atomic mass is 16.3. The molecule has 4 nitrogen and oxygen atoms in total. The quantitative estimate of drug-likeness (QED) is 0.137. The van der Waals surface area contributed by atoms with Crippen LogP contribution in [0.5, 0.6) is 0 Å². The van der Waals surface area contributed by atoms with E-state index in [1.807, 2.05) is 0 Å². The number of nitrogens with zero attached hydrogens (tertiary/aromatic N) is 2. The molecule has 0 N–H and O–H groups in total. The first kappa shape index (κ1) is 47.8. The molecule has 0 unspecified atom stereocenters. The summed E-state index contributed by atoms with van der Waals surface area (Å²) in [5, 5.41) is 7.02. The molecule has 3 aliphatic carbocycles. The monoisotopic (exact) mass is 1050 g/mol. The number of rotatable bonds is 10. The van der Waals surface area contributed by atoms with Gasteiger partial charge in [0.1, 0.15) is 11.2 Å². The standard InChI is InChI=1S/C77H62N2O2/c1-49-23-9-17-41-67(49)78(69-43-21-39-62-60-37-19-35-56(51-25-11-12-26-51)73(60)80-75(62)69)55-45-46-64-65(47-55)77(53-29-5-3-6-30-53,54-31-7-4-8-32-54)66-48-71(58-33-15-16-34-59(58)72(64)66)79(68-42-18-10-24-50(68)2)70-44-22-40-63-61-38-20-36-57(52-27-13-14-28-52)74(61)81-76(63)70/h3-10,15-24,29-48,51-52H,11-14,25-28H2,1-2H3. The molecule has 81 heavy (non-hydrogen) atoms. The molecule has 4 heteroatoms. The van der Waals surface area contributed by atoms with E-state index in [1.54, 1.807) is 0 Å². The number of furan rings is 2. The Morgan fingerprint density at radius 3 is 1.32 bits per heavy atom. The fraction of sp³-hybridized carbons (Fsp3) is 0.169. The van der Waals surface area contributed by atoms with E-state index in [-0.39, 0.29) is 0 Å². The van der Waals surface area contributed by atoms with E-state index in [1.165, 1.54) is 129 Å². The minimum Gasteiger partial charge on any atom is -0.454 e. The van der Waals surface area contributed by atoms with Crippen LogP contribution in [0.15, 0.2) is 239 Å². The normalized spacial score (nSPS) is 15.1. The average Bonchev–Trinajstić information content (AvgIpc) is 3.20. The van der Waals surface area contributed by atoms with Crippen LogP contribution in [0.2, 0.25) is 0 Å². The van der Waals surface area contributed by atoms with Crippen LogP contribution in [0.4, 0.5) is 34.1 Å². The second-order valence-corrected chi connectivity index (χ2v) is 23.2. The Kier molecular flexibility index (Phi) is 11.2. The van der Waals surface area contributed by atoms with Gasteiger partial charge in [0.2, 0.25) is 0 Å². The van der Waals surface area contributed by atoms with Crippen molar-refractivity contribution in [3.8, 4) is 11.1 Å². The minimum absolute atomic E-state index is 0.509. The third-order valence-corrected chi connectivity index (χ3v) is 18.9. The van der Waals surface area contributed by atoms with Crippen molar-refractivity contribution in [3.05, 3.63) is 275 Å². The Labute approximate surface area is 473 Å². The molecule has 0 bridgehead atoms. The number of hydrogen-bond acceptors (Lipinski definition) is 4. The molecule has 0 aliphatic heterocycles. The molecule has 13 aromatic rings. The summed E-state index contributed by atoms with van der Waals surface area (Å²) in [4.78, 5) is 4.98. The lowest BCUT2D eigenvalue weighted by Crippen LogP contribution is -2.29. The van der Waals surface area contributed by atoms with E-state index in [0.717, 1.165) is 67.2 Å². The molecule has 392 valence electrons. The highest BCUT2D eigenvalue weighted by Gasteiger charge is 2.48. The first-order valence-corrected chi connectivity index (χ1v) is 29.5. The van der Waals surface area contributed by atoms with Crippen LogP contribution in [0.25, 0.3) is 65.8 Å². The number of anilines is 6. The summed E-state index contributed by atoms with van der Waals surface area (Å²) in [5.41, 5.74) is 21.9. The zero-order valence-corrected chi connectivity index (χ0v) is 46.0. The molecule has 0 amide bonds. The van der Waals surface area contributed by atoms with Gasteiger partial charge in [0, 0.05) is 44.0 Å². The lowest BCUT2D eigenvalue weighted by molar-refractivity contribution is 0.643. The van der Waals surface area contributed by atoms with Crippen LogP contribution in [0.3, 0.4) is 0 Å². The summed E-state index contributed by atoms with van der Waals surface area (Å²) in [6.07, 6.45) is 9.90. The van der Waals surface area contributed by atoms with Gasteiger partial charge in [-0.1, -0.05) is 214 Å². The molecule has 2 saturated carbocycles. The third-order valence-electron chi connectivity index (χ3n) is 18.9. The molecule has 2 aromatic heterocycles. The molecule has 16 rings (SSSR count). The van der Waals surface area contributed by atoms with Gasteiger partial charge in [-0.25, -0.2) is 0 Å². The minimum atomic E-state index is -0.764. The fourth-order valence-corrected chi connectivity index (χ4v) is 15.2. The predicted molar refractivity (Wildman–Crippen MR) is 337 cm³/mol. The molecule has 3 aliphatic rings. The Bertz CT molecular complexity index is 4550. The third kappa shape index (κ3) is 7.28. The van der Waals surface area contributed by atoms with Crippen LogP contribution in [-0.2, 0) is 5.41 Å². The Hall–Kier alpha value is -9.12. The van der Waals surface area contributed by atoms with Crippen molar-refractivity contribution >= 4 is 88.8 Å². The average molecular weight is 1050 g/mol. The zero-order chi connectivity index (χ0) is 53.8. The van der Waals surface area contributed by atoms with Gasteiger partial charge in [-0.2, -0.15) is 0 Å². The van der Waals surface area contributed by atoms with E-state index in [4.69, 9.17) is 8.83 Å². The smallest absolute Gasteiger partial charge is 0.159 e. The van der Waals surface area contributed by atoms with Crippen molar-refractivity contribution in [2.24, 2.45) is 0 Å². The molecule has 0 saturated heterocycles. The van der Waals surface area contributed by atoms with Gasteiger partial charge in [-0.05, 0) is 155 Å². The van der Waals surface area contributed by atoms with Crippen molar-refractivity contribution in [2.45, 2.75) is 82.5 Å². The highest BCUT2D eigenvalue weighted by Crippen LogP contribution is 2.61. The maximum Gasteiger partial charge on any atom is 0.159 e. The first-order valence-electron chi connectivity index (χ1n) is 29.5. The Balaban J connectivity index is 0.981. The van der Waals surface area contributed by atoms with E-state index >= 15 is 0 Å². The molecule has 0 atom stereocenters. The van der Waals surface area contributed by atoms with E-state index in [2.05, 4.69) is 254 Å². The molecule has 2 fully saturated rings. The SMILES string of the molecule is Cc1ccccc1N(c1ccc2c(c1)C(c1ccccc1)(c1ccccc1)c1cc(N(c3ccccc3C)c3cccc4c3oc3c(C5CCCC5)cccc34)c3ccccc3c1-2)c1cccc2c1oc1c(C3CCCC3)cccc12. The molecular formula is C77H62N2O2. The number of benzene rings is 11. The van der Waals surface area contributed by atoms with Gasteiger partial charge in [-0.3, -0.25) is 0 Å². The summed E-state index contributed by atoms with van der Waals surface area (Å²) in [6, 6.07) is 86.3. The Morgan fingerprint density at radius 1 is 0.346 bits per heavy atom. The van der Waals surface area contributed by atoms with Crippen LogP contribution in [0.1, 0.15) is 108 Å². The number of para-hydroxylation sites is 6. The molecule has 11 aromatic carbocycles. The topological polar surface area (TPSA) is 32.8 Å². The summed E-state index contributed by atoms with van der Waals surface area (Å²) in [5.74, 6) is 1.02. The summed E-state index contributed by atoms with van der Waals surface area (Å²) < 4.78 is 14.7. The van der Waals surface area contributed by atoms with Crippen molar-refractivity contribution < 1.29 is 8.83 Å². The number of hydrogen-bond donors (Lipinski definition) is 0. The predicted octanol–water partition coefficient (Wildman–Crippen LogP) is 21.9. The van der Waals surface area contributed by atoms with Crippen molar-refractivity contribution in [3.63, 3.8) is 0 Å². The van der Waals surface area contributed by atoms with Gasteiger partial charge in [-0.15, -0.1) is 0 Å².